The van der Waals surface area contributed by atoms with Crippen LogP contribution in [0.1, 0.15) is 50.2 Å². The van der Waals surface area contributed by atoms with Crippen molar-refractivity contribution in [3.63, 3.8) is 0 Å². The Hall–Kier alpha value is -1.96. The van der Waals surface area contributed by atoms with Crippen molar-refractivity contribution in [2.24, 2.45) is 0 Å². The number of morpholine rings is 1. The van der Waals surface area contributed by atoms with Gasteiger partial charge in [0.1, 0.15) is 0 Å². The molecule has 1 aromatic carbocycles. The summed E-state index contributed by atoms with van der Waals surface area (Å²) >= 11 is 5.86. The first-order valence-electron chi connectivity index (χ1n) is 12.1. The molecule has 174 valence electrons. The van der Waals surface area contributed by atoms with Crippen LogP contribution in [0.4, 0.5) is 0 Å². The highest BCUT2D eigenvalue weighted by atomic mass is 32.1. The van der Waals surface area contributed by atoms with Gasteiger partial charge in [0.05, 0.1) is 19.8 Å². The monoisotopic (exact) mass is 456 g/mol. The maximum absolute atomic E-state index is 12.9. The van der Waals surface area contributed by atoms with E-state index in [1.807, 2.05) is 12.1 Å². The molecule has 2 aliphatic rings. The zero-order valence-electron chi connectivity index (χ0n) is 19.2. The highest BCUT2D eigenvalue weighted by molar-refractivity contribution is 7.80. The van der Waals surface area contributed by atoms with Crippen molar-refractivity contribution in [3.05, 3.63) is 45.7 Å². The average molecular weight is 457 g/mol. The van der Waals surface area contributed by atoms with Crippen molar-refractivity contribution < 1.29 is 4.74 Å². The SMILES string of the molecule is CCc1ccc2[nH]c(=O)c(CN(CCN3CCOCC3)C(=S)NC3CCCCC3)cc2c1. The molecule has 1 saturated heterocycles. The Morgan fingerprint density at radius 2 is 2.00 bits per heavy atom. The number of nitrogens with one attached hydrogen (secondary N) is 2. The molecule has 6 nitrogen and oxygen atoms in total. The third-order valence-electron chi connectivity index (χ3n) is 6.76. The third-order valence-corrected chi connectivity index (χ3v) is 7.14. The van der Waals surface area contributed by atoms with Gasteiger partial charge in [0.15, 0.2) is 5.11 Å². The minimum atomic E-state index is -0.0291. The van der Waals surface area contributed by atoms with E-state index in [0.29, 0.717) is 12.6 Å². The molecule has 2 fully saturated rings. The van der Waals surface area contributed by atoms with Gasteiger partial charge in [-0.3, -0.25) is 9.69 Å². The van der Waals surface area contributed by atoms with E-state index >= 15 is 0 Å². The number of aromatic nitrogens is 1. The highest BCUT2D eigenvalue weighted by Crippen LogP contribution is 2.19. The van der Waals surface area contributed by atoms with Crippen LogP contribution in [0.2, 0.25) is 0 Å². The summed E-state index contributed by atoms with van der Waals surface area (Å²) in [6.45, 7) is 7.86. The maximum atomic E-state index is 12.9. The summed E-state index contributed by atoms with van der Waals surface area (Å²) < 4.78 is 5.49. The van der Waals surface area contributed by atoms with Gasteiger partial charge in [-0.25, -0.2) is 0 Å². The molecule has 1 aliphatic heterocycles. The number of fused-ring (bicyclic) bond motifs is 1. The van der Waals surface area contributed by atoms with Gasteiger partial charge >= 0.3 is 0 Å². The summed E-state index contributed by atoms with van der Waals surface area (Å²) in [5, 5.41) is 5.46. The number of aromatic amines is 1. The number of aryl methyl sites for hydroxylation is 1. The van der Waals surface area contributed by atoms with E-state index in [1.165, 1.54) is 37.7 Å². The fraction of sp³-hybridized carbons (Fsp3) is 0.600. The molecule has 0 atom stereocenters. The second kappa shape index (κ2) is 11.3. The van der Waals surface area contributed by atoms with E-state index in [-0.39, 0.29) is 5.56 Å². The summed E-state index contributed by atoms with van der Waals surface area (Å²) in [6, 6.07) is 8.74. The molecule has 0 unspecified atom stereocenters. The van der Waals surface area contributed by atoms with Crippen LogP contribution >= 0.6 is 12.2 Å². The molecule has 1 saturated carbocycles. The van der Waals surface area contributed by atoms with E-state index in [4.69, 9.17) is 17.0 Å². The molecule has 2 heterocycles. The third kappa shape index (κ3) is 6.09. The summed E-state index contributed by atoms with van der Waals surface area (Å²) in [7, 11) is 0. The second-order valence-corrected chi connectivity index (χ2v) is 9.45. The van der Waals surface area contributed by atoms with Crippen LogP contribution < -0.4 is 10.9 Å². The number of pyridine rings is 1. The summed E-state index contributed by atoms with van der Waals surface area (Å²) in [5.74, 6) is 0. The number of ether oxygens (including phenoxy) is 1. The number of thiocarbonyl (C=S) groups is 1. The van der Waals surface area contributed by atoms with Gasteiger partial charge in [0.25, 0.3) is 5.56 Å². The van der Waals surface area contributed by atoms with Crippen molar-refractivity contribution in [2.75, 3.05) is 39.4 Å². The Morgan fingerprint density at radius 1 is 1.22 bits per heavy atom. The van der Waals surface area contributed by atoms with E-state index in [2.05, 4.69) is 39.2 Å². The van der Waals surface area contributed by atoms with E-state index in [9.17, 15) is 4.79 Å². The number of hydrogen-bond acceptors (Lipinski definition) is 4. The van der Waals surface area contributed by atoms with Crippen molar-refractivity contribution >= 4 is 28.2 Å². The number of rotatable bonds is 7. The zero-order valence-corrected chi connectivity index (χ0v) is 20.0. The van der Waals surface area contributed by atoms with Crippen molar-refractivity contribution in [2.45, 2.75) is 58.0 Å². The molecule has 1 aliphatic carbocycles. The fourth-order valence-electron chi connectivity index (χ4n) is 4.70. The molecule has 32 heavy (non-hydrogen) atoms. The van der Waals surface area contributed by atoms with Gasteiger partial charge < -0.3 is 19.9 Å². The quantitative estimate of drug-likeness (QED) is 0.623. The predicted octanol–water partition coefficient (Wildman–Crippen LogP) is 3.43. The van der Waals surface area contributed by atoms with E-state index in [1.54, 1.807) is 0 Å². The minimum Gasteiger partial charge on any atom is -0.379 e. The lowest BCUT2D eigenvalue weighted by Crippen LogP contribution is -2.48. The van der Waals surface area contributed by atoms with Crippen molar-refractivity contribution in [3.8, 4) is 0 Å². The Kier molecular flexibility index (Phi) is 8.16. The van der Waals surface area contributed by atoms with Gasteiger partial charge in [-0.2, -0.15) is 0 Å². The first kappa shape index (κ1) is 23.2. The molecule has 2 aromatic rings. The van der Waals surface area contributed by atoms with Crippen LogP contribution in [-0.2, 0) is 17.7 Å². The summed E-state index contributed by atoms with van der Waals surface area (Å²) in [6.07, 6.45) is 7.17. The maximum Gasteiger partial charge on any atom is 0.253 e. The van der Waals surface area contributed by atoms with Crippen LogP contribution in [0, 0.1) is 0 Å². The molecule has 0 bridgehead atoms. The first-order chi connectivity index (χ1) is 15.6. The minimum absolute atomic E-state index is 0.0291. The lowest BCUT2D eigenvalue weighted by molar-refractivity contribution is 0.0356. The van der Waals surface area contributed by atoms with E-state index < -0.39 is 0 Å². The van der Waals surface area contributed by atoms with Crippen LogP contribution in [-0.4, -0.2) is 65.3 Å². The molecule has 1 aromatic heterocycles. The van der Waals surface area contributed by atoms with Crippen LogP contribution in [0.5, 0.6) is 0 Å². The zero-order chi connectivity index (χ0) is 22.3. The Balaban J connectivity index is 1.51. The molecule has 0 radical (unpaired) electrons. The summed E-state index contributed by atoms with van der Waals surface area (Å²) in [5.41, 5.74) is 2.90. The Bertz CT molecular complexity index is 964. The molecule has 2 N–H and O–H groups in total. The van der Waals surface area contributed by atoms with Gasteiger partial charge in [-0.15, -0.1) is 0 Å². The lowest BCUT2D eigenvalue weighted by atomic mass is 9.96. The topological polar surface area (TPSA) is 60.6 Å². The predicted molar refractivity (Wildman–Crippen MR) is 134 cm³/mol. The van der Waals surface area contributed by atoms with Crippen molar-refractivity contribution in [1.29, 1.82) is 0 Å². The number of nitrogens with zero attached hydrogens (tertiary/aromatic N) is 2. The summed E-state index contributed by atoms with van der Waals surface area (Å²) in [4.78, 5) is 20.5. The number of hydrogen-bond donors (Lipinski definition) is 2. The van der Waals surface area contributed by atoms with Crippen LogP contribution in [0.25, 0.3) is 10.9 Å². The molecule has 0 amide bonds. The van der Waals surface area contributed by atoms with Crippen LogP contribution in [0.3, 0.4) is 0 Å². The Morgan fingerprint density at radius 3 is 2.75 bits per heavy atom. The van der Waals surface area contributed by atoms with Crippen molar-refractivity contribution in [1.82, 2.24) is 20.1 Å². The standard InChI is InChI=1S/C25H36N4O2S/c1-2-19-8-9-23-20(16-19)17-21(24(30)27-23)18-29(11-10-28-12-14-31-15-13-28)25(32)26-22-6-4-3-5-7-22/h8-9,16-17,22H,2-7,10-15,18H2,1H3,(H,26,32)(H,27,30). The molecular formula is C25H36N4O2S. The molecular weight excluding hydrogens is 420 g/mol. The van der Waals surface area contributed by atoms with Gasteiger partial charge in [-0.05, 0) is 60.6 Å². The molecule has 7 heteroatoms. The largest absolute Gasteiger partial charge is 0.379 e. The average Bonchev–Trinajstić information content (AvgIpc) is 2.83. The van der Waals surface area contributed by atoms with Crippen LogP contribution in [0.15, 0.2) is 29.1 Å². The van der Waals surface area contributed by atoms with E-state index in [0.717, 1.165) is 67.4 Å². The lowest BCUT2D eigenvalue weighted by Gasteiger charge is -2.33. The number of H-pyrrole nitrogens is 1. The second-order valence-electron chi connectivity index (χ2n) is 9.06. The Labute approximate surface area is 196 Å². The fourth-order valence-corrected chi connectivity index (χ4v) is 5.02. The molecule has 0 spiro atoms. The normalized spacial score (nSPS) is 18.0. The van der Waals surface area contributed by atoms with Gasteiger partial charge in [0, 0.05) is 43.3 Å². The number of benzene rings is 1. The highest BCUT2D eigenvalue weighted by Gasteiger charge is 2.20. The van der Waals surface area contributed by atoms with Gasteiger partial charge in [0.2, 0.25) is 0 Å². The van der Waals surface area contributed by atoms with Gasteiger partial charge in [-0.1, -0.05) is 32.3 Å². The first-order valence-corrected chi connectivity index (χ1v) is 12.5. The molecule has 4 rings (SSSR count). The smallest absolute Gasteiger partial charge is 0.253 e.